The Morgan fingerprint density at radius 1 is 1.00 bits per heavy atom. The molecule has 0 saturated carbocycles. The highest BCUT2D eigenvalue weighted by molar-refractivity contribution is 5.42. The Hall–Kier alpha value is -2.08. The molecular weight excluding hydrogens is 302 g/mol. The van der Waals surface area contributed by atoms with E-state index < -0.39 is 0 Å². The molecule has 1 aliphatic heterocycles. The number of hydrogen-bond donors (Lipinski definition) is 3. The highest BCUT2D eigenvalue weighted by Gasteiger charge is 2.26. The van der Waals surface area contributed by atoms with E-state index in [0.717, 1.165) is 24.5 Å². The summed E-state index contributed by atoms with van der Waals surface area (Å²) in [7, 11) is 0. The fourth-order valence-corrected chi connectivity index (χ4v) is 2.93. The summed E-state index contributed by atoms with van der Waals surface area (Å²) in [5, 5.41) is 0. The van der Waals surface area contributed by atoms with Crippen LogP contribution in [-0.2, 0) is 4.74 Å². The molecule has 0 radical (unpaired) electrons. The van der Waals surface area contributed by atoms with Gasteiger partial charge in [0.2, 0.25) is 0 Å². The molecule has 128 valence electrons. The molecule has 24 heavy (non-hydrogen) atoms. The van der Waals surface area contributed by atoms with Gasteiger partial charge < -0.3 is 15.2 Å². The predicted octanol–water partition coefficient (Wildman–Crippen LogP) is 2.96. The van der Waals surface area contributed by atoms with Crippen LogP contribution in [0.3, 0.4) is 0 Å². The maximum absolute atomic E-state index is 5.88. The van der Waals surface area contributed by atoms with Crippen LogP contribution in [0.25, 0.3) is 0 Å². The molecule has 0 spiro atoms. The largest absolute Gasteiger partial charge is 0.491 e. The van der Waals surface area contributed by atoms with Gasteiger partial charge in [-0.1, -0.05) is 24.3 Å². The molecule has 0 aliphatic carbocycles. The van der Waals surface area contributed by atoms with Gasteiger partial charge in [0.25, 0.3) is 0 Å². The van der Waals surface area contributed by atoms with Crippen LogP contribution in [0.4, 0.5) is 5.69 Å². The van der Waals surface area contributed by atoms with Gasteiger partial charge >= 0.3 is 0 Å². The molecule has 1 saturated heterocycles. The molecule has 2 aromatic carbocycles. The Morgan fingerprint density at radius 3 is 2.46 bits per heavy atom. The van der Waals surface area contributed by atoms with E-state index >= 15 is 0 Å². The molecule has 3 rings (SSSR count). The second-order valence-corrected chi connectivity index (χ2v) is 5.91. The van der Waals surface area contributed by atoms with E-state index in [1.807, 2.05) is 37.3 Å². The van der Waals surface area contributed by atoms with Crippen LogP contribution >= 0.6 is 0 Å². The highest BCUT2D eigenvalue weighted by Crippen LogP contribution is 2.31. The van der Waals surface area contributed by atoms with Gasteiger partial charge in [0.15, 0.2) is 0 Å². The van der Waals surface area contributed by atoms with Crippen LogP contribution in [0.1, 0.15) is 36.6 Å². The molecule has 0 amide bonds. The average molecular weight is 327 g/mol. The lowest BCUT2D eigenvalue weighted by Crippen LogP contribution is -2.26. The van der Waals surface area contributed by atoms with Crippen molar-refractivity contribution in [2.24, 2.45) is 0 Å². The smallest absolute Gasteiger partial charge is 0.119 e. The van der Waals surface area contributed by atoms with Crippen LogP contribution < -0.4 is 21.3 Å². The second kappa shape index (κ2) is 8.15. The lowest BCUT2D eigenvalue weighted by Gasteiger charge is -2.12. The van der Waals surface area contributed by atoms with E-state index in [1.54, 1.807) is 0 Å². The number of anilines is 1. The summed E-state index contributed by atoms with van der Waals surface area (Å²) in [5.74, 6) is 0.872. The zero-order chi connectivity index (χ0) is 16.8. The molecule has 5 heteroatoms. The first-order valence-electron chi connectivity index (χ1n) is 8.43. The van der Waals surface area contributed by atoms with Crippen molar-refractivity contribution in [2.45, 2.75) is 25.4 Å². The van der Waals surface area contributed by atoms with E-state index in [2.05, 4.69) is 29.1 Å². The van der Waals surface area contributed by atoms with Crippen molar-refractivity contribution < 1.29 is 9.47 Å². The molecule has 4 N–H and O–H groups in total. The highest BCUT2D eigenvalue weighted by atomic mass is 16.5. The zero-order valence-corrected chi connectivity index (χ0v) is 14.0. The van der Waals surface area contributed by atoms with Crippen molar-refractivity contribution in [1.29, 1.82) is 0 Å². The first kappa shape index (κ1) is 16.8. The standard InChI is InChI=1S/C19H25N3O2/c1-2-23-10-11-24-17-8-6-14(7-9-17)18-13-19(22-21-18)15-4-3-5-16(20)12-15/h3-9,12,18-19,21-22H,2,10-11,13,20H2,1H3. The maximum atomic E-state index is 5.88. The molecule has 0 aromatic heterocycles. The summed E-state index contributed by atoms with van der Waals surface area (Å²) < 4.78 is 10.9. The second-order valence-electron chi connectivity index (χ2n) is 5.91. The van der Waals surface area contributed by atoms with E-state index in [9.17, 15) is 0 Å². The van der Waals surface area contributed by atoms with Crippen molar-refractivity contribution in [1.82, 2.24) is 10.9 Å². The third kappa shape index (κ3) is 4.26. The molecule has 2 aromatic rings. The lowest BCUT2D eigenvalue weighted by atomic mass is 9.97. The van der Waals surface area contributed by atoms with Crippen molar-refractivity contribution in [3.63, 3.8) is 0 Å². The summed E-state index contributed by atoms with van der Waals surface area (Å²) in [6.07, 6.45) is 0.980. The van der Waals surface area contributed by atoms with Crippen molar-refractivity contribution >= 4 is 5.69 Å². The van der Waals surface area contributed by atoms with Gasteiger partial charge in [0, 0.05) is 24.4 Å². The molecule has 1 heterocycles. The van der Waals surface area contributed by atoms with E-state index in [1.165, 1.54) is 11.1 Å². The fraction of sp³-hybridized carbons (Fsp3) is 0.368. The van der Waals surface area contributed by atoms with Gasteiger partial charge in [-0.3, -0.25) is 0 Å². The SMILES string of the molecule is CCOCCOc1ccc(C2CC(c3cccc(N)c3)NN2)cc1. The number of hydrazine groups is 1. The molecule has 1 fully saturated rings. The first-order valence-corrected chi connectivity index (χ1v) is 8.43. The van der Waals surface area contributed by atoms with Crippen LogP contribution in [0.15, 0.2) is 48.5 Å². The number of nitrogens with two attached hydrogens (primary N) is 1. The topological polar surface area (TPSA) is 68.5 Å². The van der Waals surface area contributed by atoms with Crippen molar-refractivity contribution in [3.8, 4) is 5.75 Å². The Labute approximate surface area is 143 Å². The zero-order valence-electron chi connectivity index (χ0n) is 14.0. The summed E-state index contributed by atoms with van der Waals surface area (Å²) >= 11 is 0. The Morgan fingerprint density at radius 2 is 1.75 bits per heavy atom. The molecule has 1 aliphatic rings. The minimum atomic E-state index is 0.264. The Kier molecular flexibility index (Phi) is 5.69. The van der Waals surface area contributed by atoms with Gasteiger partial charge in [0.1, 0.15) is 12.4 Å². The monoisotopic (exact) mass is 327 g/mol. The van der Waals surface area contributed by atoms with Gasteiger partial charge in [-0.25, -0.2) is 10.9 Å². The lowest BCUT2D eigenvalue weighted by molar-refractivity contribution is 0.110. The van der Waals surface area contributed by atoms with Gasteiger partial charge in [-0.05, 0) is 48.7 Å². The van der Waals surface area contributed by atoms with Crippen LogP contribution in [-0.4, -0.2) is 19.8 Å². The number of benzene rings is 2. The minimum absolute atomic E-state index is 0.264. The summed E-state index contributed by atoms with van der Waals surface area (Å²) in [6.45, 7) is 3.90. The average Bonchev–Trinajstić information content (AvgIpc) is 3.09. The van der Waals surface area contributed by atoms with Crippen molar-refractivity contribution in [3.05, 3.63) is 59.7 Å². The number of ether oxygens (including phenoxy) is 2. The summed E-state index contributed by atoms with van der Waals surface area (Å²) in [6, 6.07) is 16.8. The quantitative estimate of drug-likeness (QED) is 0.539. The van der Waals surface area contributed by atoms with Crippen LogP contribution in [0.5, 0.6) is 5.75 Å². The van der Waals surface area contributed by atoms with E-state index in [0.29, 0.717) is 13.2 Å². The summed E-state index contributed by atoms with van der Waals surface area (Å²) in [5.41, 5.74) is 15.9. The number of rotatable bonds is 7. The third-order valence-corrected chi connectivity index (χ3v) is 4.20. The Bertz CT molecular complexity index is 645. The van der Waals surface area contributed by atoms with Crippen LogP contribution in [0.2, 0.25) is 0 Å². The summed E-state index contributed by atoms with van der Waals surface area (Å²) in [4.78, 5) is 0. The molecular formula is C19H25N3O2. The normalized spacial score (nSPS) is 20.2. The fourth-order valence-electron chi connectivity index (χ4n) is 2.93. The number of nitrogen functional groups attached to an aromatic ring is 1. The van der Waals surface area contributed by atoms with Gasteiger partial charge in [0.05, 0.1) is 6.61 Å². The van der Waals surface area contributed by atoms with Crippen molar-refractivity contribution in [2.75, 3.05) is 25.6 Å². The van der Waals surface area contributed by atoms with E-state index in [-0.39, 0.29) is 12.1 Å². The van der Waals surface area contributed by atoms with Gasteiger partial charge in [-0.15, -0.1) is 0 Å². The predicted molar refractivity (Wildman–Crippen MR) is 95.7 cm³/mol. The molecule has 2 atom stereocenters. The number of hydrogen-bond acceptors (Lipinski definition) is 5. The van der Waals surface area contributed by atoms with Crippen LogP contribution in [0, 0.1) is 0 Å². The molecule has 2 unspecified atom stereocenters. The molecule has 5 nitrogen and oxygen atoms in total. The minimum Gasteiger partial charge on any atom is -0.491 e. The van der Waals surface area contributed by atoms with E-state index in [4.69, 9.17) is 15.2 Å². The number of nitrogens with one attached hydrogen (secondary N) is 2. The van der Waals surface area contributed by atoms with Gasteiger partial charge in [-0.2, -0.15) is 0 Å². The first-order chi connectivity index (χ1) is 11.8. The Balaban J connectivity index is 1.56. The maximum Gasteiger partial charge on any atom is 0.119 e. The molecule has 0 bridgehead atoms. The third-order valence-electron chi connectivity index (χ3n) is 4.20.